The summed E-state index contributed by atoms with van der Waals surface area (Å²) in [6.07, 6.45) is 12.8. The third-order valence-electron chi connectivity index (χ3n) is 5.30. The van der Waals surface area contributed by atoms with Crippen molar-refractivity contribution < 1.29 is 19.1 Å². The second kappa shape index (κ2) is 14.1. The quantitative estimate of drug-likeness (QED) is 0.310. The molecule has 0 N–H and O–H groups in total. The fourth-order valence-corrected chi connectivity index (χ4v) is 3.54. The van der Waals surface area contributed by atoms with Gasteiger partial charge in [0.2, 0.25) is 0 Å². The molecule has 152 valence electrons. The van der Waals surface area contributed by atoms with E-state index in [-0.39, 0.29) is 23.8 Å². The summed E-state index contributed by atoms with van der Waals surface area (Å²) in [5.74, 6) is -0.501. The smallest absolute Gasteiger partial charge is 0.309 e. The molecule has 0 bridgehead atoms. The van der Waals surface area contributed by atoms with E-state index in [9.17, 15) is 9.59 Å². The van der Waals surface area contributed by atoms with Crippen LogP contribution in [0.1, 0.15) is 97.8 Å². The van der Waals surface area contributed by atoms with Gasteiger partial charge in [-0.2, -0.15) is 0 Å². The molecule has 1 aliphatic carbocycles. The highest BCUT2D eigenvalue weighted by Gasteiger charge is 2.37. The zero-order valence-electron chi connectivity index (χ0n) is 17.3. The lowest BCUT2D eigenvalue weighted by atomic mass is 9.79. The number of hydrogen-bond acceptors (Lipinski definition) is 4. The van der Waals surface area contributed by atoms with E-state index in [4.69, 9.17) is 9.47 Å². The van der Waals surface area contributed by atoms with Gasteiger partial charge in [0, 0.05) is 0 Å². The van der Waals surface area contributed by atoms with Gasteiger partial charge in [0.15, 0.2) is 0 Å². The molecule has 0 aromatic rings. The van der Waals surface area contributed by atoms with Crippen LogP contribution in [0.15, 0.2) is 0 Å². The van der Waals surface area contributed by atoms with Crippen LogP contribution in [-0.4, -0.2) is 25.2 Å². The van der Waals surface area contributed by atoms with Crippen molar-refractivity contribution in [2.45, 2.75) is 97.8 Å². The molecule has 0 aliphatic heterocycles. The molecule has 1 fully saturated rings. The number of carbonyl (C=O) groups is 2. The van der Waals surface area contributed by atoms with Gasteiger partial charge in [0.05, 0.1) is 25.0 Å². The third-order valence-corrected chi connectivity index (χ3v) is 5.30. The Balaban J connectivity index is 2.27. The molecule has 1 saturated carbocycles. The first-order valence-corrected chi connectivity index (χ1v) is 10.9. The van der Waals surface area contributed by atoms with Crippen molar-refractivity contribution in [2.24, 2.45) is 17.8 Å². The van der Waals surface area contributed by atoms with Gasteiger partial charge in [-0.25, -0.2) is 0 Å². The molecule has 0 heterocycles. The van der Waals surface area contributed by atoms with Crippen LogP contribution in [-0.2, 0) is 19.1 Å². The predicted molar refractivity (Wildman–Crippen MR) is 105 cm³/mol. The first kappa shape index (κ1) is 23.0. The molecular formula is C22H40O4. The van der Waals surface area contributed by atoms with E-state index in [1.54, 1.807) is 0 Å². The van der Waals surface area contributed by atoms with E-state index < -0.39 is 0 Å². The Morgan fingerprint density at radius 1 is 0.808 bits per heavy atom. The Labute approximate surface area is 160 Å². The molecule has 0 aromatic heterocycles. The summed E-state index contributed by atoms with van der Waals surface area (Å²) in [5, 5.41) is 0. The monoisotopic (exact) mass is 368 g/mol. The standard InChI is InChI=1S/C22H40O4/c1-4-5-6-7-8-9-12-16-25-21(23)19-13-10-11-14-20(19)22(24)26-17-15-18(2)3/h18-20H,4-17H2,1-3H3. The Bertz CT molecular complexity index is 392. The molecule has 0 amide bonds. The van der Waals surface area contributed by atoms with Crippen LogP contribution in [0.25, 0.3) is 0 Å². The highest BCUT2D eigenvalue weighted by molar-refractivity contribution is 5.82. The van der Waals surface area contributed by atoms with E-state index in [0.717, 1.165) is 44.9 Å². The summed E-state index contributed by atoms with van der Waals surface area (Å²) in [4.78, 5) is 24.8. The minimum Gasteiger partial charge on any atom is -0.465 e. The highest BCUT2D eigenvalue weighted by Crippen LogP contribution is 2.32. The number of unbranched alkanes of at least 4 members (excludes halogenated alkanes) is 6. The number of carbonyl (C=O) groups excluding carboxylic acids is 2. The molecule has 0 radical (unpaired) electrons. The Kier molecular flexibility index (Phi) is 12.4. The molecule has 0 saturated heterocycles. The average Bonchev–Trinajstić information content (AvgIpc) is 2.63. The molecule has 4 nitrogen and oxygen atoms in total. The van der Waals surface area contributed by atoms with Crippen molar-refractivity contribution in [3.63, 3.8) is 0 Å². The summed E-state index contributed by atoms with van der Waals surface area (Å²) in [7, 11) is 0. The SMILES string of the molecule is CCCCCCCCCOC(=O)C1CCCCC1C(=O)OCCC(C)C. The summed E-state index contributed by atoms with van der Waals surface area (Å²) in [6.45, 7) is 7.37. The van der Waals surface area contributed by atoms with Gasteiger partial charge in [-0.15, -0.1) is 0 Å². The molecule has 1 rings (SSSR count). The molecule has 26 heavy (non-hydrogen) atoms. The average molecular weight is 369 g/mol. The normalized spacial score (nSPS) is 20.2. The van der Waals surface area contributed by atoms with E-state index in [1.807, 2.05) is 0 Å². The van der Waals surface area contributed by atoms with Crippen LogP contribution in [0, 0.1) is 17.8 Å². The molecule has 1 aliphatic rings. The van der Waals surface area contributed by atoms with Crippen LogP contribution in [0.4, 0.5) is 0 Å². The minimum atomic E-state index is -0.308. The number of hydrogen-bond donors (Lipinski definition) is 0. The van der Waals surface area contributed by atoms with Gasteiger partial charge in [0.1, 0.15) is 0 Å². The van der Waals surface area contributed by atoms with Gasteiger partial charge in [-0.05, 0) is 31.6 Å². The number of ether oxygens (including phenoxy) is 2. The van der Waals surface area contributed by atoms with Crippen LogP contribution < -0.4 is 0 Å². The van der Waals surface area contributed by atoms with E-state index in [1.165, 1.54) is 32.1 Å². The molecule has 2 unspecified atom stereocenters. The minimum absolute atomic E-state index is 0.193. The zero-order chi connectivity index (χ0) is 19.2. The summed E-state index contributed by atoms with van der Waals surface area (Å²) in [6, 6.07) is 0. The fraction of sp³-hybridized carbons (Fsp3) is 0.909. The fourth-order valence-electron chi connectivity index (χ4n) is 3.54. The lowest BCUT2D eigenvalue weighted by Gasteiger charge is -2.28. The van der Waals surface area contributed by atoms with Crippen LogP contribution >= 0.6 is 0 Å². The Hall–Kier alpha value is -1.06. The Morgan fingerprint density at radius 2 is 1.31 bits per heavy atom. The largest absolute Gasteiger partial charge is 0.465 e. The van der Waals surface area contributed by atoms with Gasteiger partial charge in [-0.1, -0.05) is 72.1 Å². The topological polar surface area (TPSA) is 52.6 Å². The van der Waals surface area contributed by atoms with Crippen LogP contribution in [0.2, 0.25) is 0 Å². The van der Waals surface area contributed by atoms with Crippen molar-refractivity contribution in [1.82, 2.24) is 0 Å². The van der Waals surface area contributed by atoms with Crippen molar-refractivity contribution in [3.8, 4) is 0 Å². The maximum absolute atomic E-state index is 12.4. The van der Waals surface area contributed by atoms with Crippen LogP contribution in [0.3, 0.4) is 0 Å². The van der Waals surface area contributed by atoms with E-state index in [2.05, 4.69) is 20.8 Å². The van der Waals surface area contributed by atoms with E-state index >= 15 is 0 Å². The molecule has 4 heteroatoms. The van der Waals surface area contributed by atoms with Crippen molar-refractivity contribution in [2.75, 3.05) is 13.2 Å². The highest BCUT2D eigenvalue weighted by atomic mass is 16.5. The van der Waals surface area contributed by atoms with Gasteiger partial charge < -0.3 is 9.47 Å². The maximum atomic E-state index is 12.4. The number of esters is 2. The van der Waals surface area contributed by atoms with Crippen molar-refractivity contribution in [3.05, 3.63) is 0 Å². The summed E-state index contributed by atoms with van der Waals surface area (Å²) >= 11 is 0. The van der Waals surface area contributed by atoms with Crippen LogP contribution in [0.5, 0.6) is 0 Å². The summed E-state index contributed by atoms with van der Waals surface area (Å²) < 4.78 is 10.9. The molecular weight excluding hydrogens is 328 g/mol. The lowest BCUT2D eigenvalue weighted by molar-refractivity contribution is -0.163. The van der Waals surface area contributed by atoms with Crippen molar-refractivity contribution >= 4 is 11.9 Å². The lowest BCUT2D eigenvalue weighted by Crippen LogP contribution is -2.35. The second-order valence-corrected chi connectivity index (χ2v) is 8.14. The first-order chi connectivity index (χ1) is 12.6. The van der Waals surface area contributed by atoms with E-state index in [0.29, 0.717) is 19.1 Å². The predicted octanol–water partition coefficient (Wildman–Crippen LogP) is 5.68. The Morgan fingerprint density at radius 3 is 1.85 bits per heavy atom. The zero-order valence-corrected chi connectivity index (χ0v) is 17.3. The molecule has 0 spiro atoms. The molecule has 0 aromatic carbocycles. The molecule has 2 atom stereocenters. The number of rotatable bonds is 13. The van der Waals surface area contributed by atoms with Gasteiger partial charge in [-0.3, -0.25) is 9.59 Å². The van der Waals surface area contributed by atoms with Crippen molar-refractivity contribution in [1.29, 1.82) is 0 Å². The maximum Gasteiger partial charge on any atom is 0.309 e. The third kappa shape index (κ3) is 9.59. The van der Waals surface area contributed by atoms with Gasteiger partial charge >= 0.3 is 11.9 Å². The first-order valence-electron chi connectivity index (χ1n) is 10.9. The second-order valence-electron chi connectivity index (χ2n) is 8.14. The van der Waals surface area contributed by atoms with Gasteiger partial charge in [0.25, 0.3) is 0 Å². The summed E-state index contributed by atoms with van der Waals surface area (Å²) in [5.41, 5.74) is 0.